The zero-order valence-electron chi connectivity index (χ0n) is 17.6. The van der Waals surface area contributed by atoms with Crippen molar-refractivity contribution in [3.63, 3.8) is 0 Å². The standard InChI is InChI=1S/C24H31ClN2O3/c1-24(19-10-9-18(21(25)14-19)13-16-5-3-2-4-6-16)20(17-7-8-17)15-27(23(30)26-24)12-11-22(28)29/h9-10,14-17H,2-8,11-13H2,1H3,(H,26,30)(H,28,29)/t24-/m0/s1. The van der Waals surface area contributed by atoms with Crippen molar-refractivity contribution in [1.29, 1.82) is 0 Å². The zero-order chi connectivity index (χ0) is 21.3. The van der Waals surface area contributed by atoms with Gasteiger partial charge in [-0.1, -0.05) is 55.8 Å². The number of halogens is 1. The molecule has 2 N–H and O–H groups in total. The maximum absolute atomic E-state index is 12.7. The van der Waals surface area contributed by atoms with Gasteiger partial charge in [0, 0.05) is 17.8 Å². The Bertz CT molecular complexity index is 858. The van der Waals surface area contributed by atoms with E-state index in [2.05, 4.69) is 17.4 Å². The van der Waals surface area contributed by atoms with Gasteiger partial charge in [0.2, 0.25) is 0 Å². The van der Waals surface area contributed by atoms with Crippen LogP contribution in [0.3, 0.4) is 0 Å². The van der Waals surface area contributed by atoms with Crippen molar-refractivity contribution < 1.29 is 14.7 Å². The van der Waals surface area contributed by atoms with E-state index < -0.39 is 11.5 Å². The molecule has 2 amide bonds. The number of hydrogen-bond donors (Lipinski definition) is 2. The second-order valence-electron chi connectivity index (χ2n) is 9.27. The van der Waals surface area contributed by atoms with Crippen LogP contribution in [0.1, 0.15) is 69.4 Å². The first-order valence-electron chi connectivity index (χ1n) is 11.2. The molecule has 0 spiro atoms. The molecule has 2 fully saturated rings. The first-order valence-corrected chi connectivity index (χ1v) is 11.6. The number of amides is 2. The minimum absolute atomic E-state index is 0.0692. The van der Waals surface area contributed by atoms with Crippen LogP contribution in [0, 0.1) is 11.8 Å². The molecule has 0 radical (unpaired) electrons. The minimum atomic E-state index is -0.905. The Kier molecular flexibility index (Phi) is 6.10. The number of carboxylic acid groups (broad SMARTS) is 1. The number of nitrogens with one attached hydrogen (secondary N) is 1. The van der Waals surface area contributed by atoms with Crippen molar-refractivity contribution in [3.05, 3.63) is 46.1 Å². The molecule has 30 heavy (non-hydrogen) atoms. The zero-order valence-corrected chi connectivity index (χ0v) is 18.4. The third-order valence-corrected chi connectivity index (χ3v) is 7.29. The van der Waals surface area contributed by atoms with E-state index in [1.165, 1.54) is 42.6 Å². The molecule has 2 aliphatic carbocycles. The minimum Gasteiger partial charge on any atom is -0.481 e. The van der Waals surface area contributed by atoms with E-state index in [1.807, 2.05) is 19.2 Å². The van der Waals surface area contributed by atoms with Gasteiger partial charge in [0.1, 0.15) is 0 Å². The molecule has 2 saturated carbocycles. The second kappa shape index (κ2) is 8.62. The molecular formula is C24H31ClN2O3. The van der Waals surface area contributed by atoms with Crippen LogP contribution in [-0.2, 0) is 16.8 Å². The molecule has 4 rings (SSSR count). The van der Waals surface area contributed by atoms with Gasteiger partial charge >= 0.3 is 12.0 Å². The lowest BCUT2D eigenvalue weighted by Gasteiger charge is -2.41. The number of benzene rings is 1. The number of carbonyl (C=O) groups excluding carboxylic acids is 1. The molecule has 1 heterocycles. The number of carbonyl (C=O) groups is 2. The van der Waals surface area contributed by atoms with Crippen molar-refractivity contribution in [3.8, 4) is 0 Å². The van der Waals surface area contributed by atoms with E-state index >= 15 is 0 Å². The molecule has 6 heteroatoms. The summed E-state index contributed by atoms with van der Waals surface area (Å²) in [5.74, 6) is 0.234. The van der Waals surface area contributed by atoms with E-state index in [9.17, 15) is 9.59 Å². The number of rotatable bonds is 7. The summed E-state index contributed by atoms with van der Waals surface area (Å²) in [7, 11) is 0. The summed E-state index contributed by atoms with van der Waals surface area (Å²) in [6, 6.07) is 5.99. The highest BCUT2D eigenvalue weighted by Crippen LogP contribution is 2.47. The van der Waals surface area contributed by atoms with Gasteiger partial charge in [0.25, 0.3) is 0 Å². The largest absolute Gasteiger partial charge is 0.481 e. The number of carboxylic acids is 1. The molecule has 1 aliphatic heterocycles. The normalized spacial score (nSPS) is 25.1. The lowest BCUT2D eigenvalue weighted by Crippen LogP contribution is -2.54. The summed E-state index contributed by atoms with van der Waals surface area (Å²) in [4.78, 5) is 25.2. The van der Waals surface area contributed by atoms with E-state index in [1.54, 1.807) is 0 Å². The first-order chi connectivity index (χ1) is 14.4. The Hall–Kier alpha value is -2.01. The van der Waals surface area contributed by atoms with E-state index in [-0.39, 0.29) is 19.0 Å². The van der Waals surface area contributed by atoms with Gasteiger partial charge in [-0.15, -0.1) is 0 Å². The average Bonchev–Trinajstić information content (AvgIpc) is 3.54. The van der Waals surface area contributed by atoms with Crippen LogP contribution in [0.4, 0.5) is 4.79 Å². The molecule has 1 aromatic rings. The summed E-state index contributed by atoms with van der Waals surface area (Å²) < 4.78 is 0. The van der Waals surface area contributed by atoms with Gasteiger partial charge in [0.15, 0.2) is 0 Å². The van der Waals surface area contributed by atoms with Crippen LogP contribution in [0.2, 0.25) is 5.02 Å². The molecule has 162 valence electrons. The van der Waals surface area contributed by atoms with Crippen LogP contribution in [0.5, 0.6) is 0 Å². The Labute approximate surface area is 183 Å². The summed E-state index contributed by atoms with van der Waals surface area (Å²) in [5, 5.41) is 12.9. The predicted octanol–water partition coefficient (Wildman–Crippen LogP) is 5.47. The fourth-order valence-corrected chi connectivity index (χ4v) is 5.23. The van der Waals surface area contributed by atoms with Gasteiger partial charge in [-0.05, 0) is 60.8 Å². The highest BCUT2D eigenvalue weighted by atomic mass is 35.5. The smallest absolute Gasteiger partial charge is 0.322 e. The van der Waals surface area contributed by atoms with Gasteiger partial charge in [-0.2, -0.15) is 0 Å². The molecule has 5 nitrogen and oxygen atoms in total. The predicted molar refractivity (Wildman–Crippen MR) is 117 cm³/mol. The summed E-state index contributed by atoms with van der Waals surface area (Å²) >= 11 is 6.71. The molecule has 0 bridgehead atoms. The summed E-state index contributed by atoms with van der Waals surface area (Å²) in [6.45, 7) is 2.21. The van der Waals surface area contributed by atoms with Crippen LogP contribution in [0.15, 0.2) is 30.0 Å². The number of nitrogens with zero attached hydrogens (tertiary/aromatic N) is 1. The SMILES string of the molecule is C[C@@]1(c2ccc(CC3CCCCC3)c(Cl)c2)NC(=O)N(CCC(=O)O)C=C1C1CC1. The second-order valence-corrected chi connectivity index (χ2v) is 9.67. The van der Waals surface area contributed by atoms with Crippen molar-refractivity contribution in [2.24, 2.45) is 11.8 Å². The van der Waals surface area contributed by atoms with Crippen molar-refractivity contribution in [2.45, 2.75) is 70.3 Å². The van der Waals surface area contributed by atoms with E-state index in [0.717, 1.165) is 41.3 Å². The highest BCUT2D eigenvalue weighted by Gasteiger charge is 2.45. The quantitative estimate of drug-likeness (QED) is 0.602. The Morgan fingerprint density at radius 2 is 1.97 bits per heavy atom. The van der Waals surface area contributed by atoms with Gasteiger partial charge in [-0.3, -0.25) is 4.79 Å². The van der Waals surface area contributed by atoms with Crippen LogP contribution in [-0.4, -0.2) is 28.6 Å². The van der Waals surface area contributed by atoms with Crippen LogP contribution in [0.25, 0.3) is 0 Å². The number of aliphatic carboxylic acids is 1. The lowest BCUT2D eigenvalue weighted by molar-refractivity contribution is -0.137. The van der Waals surface area contributed by atoms with Crippen molar-refractivity contribution in [2.75, 3.05) is 6.54 Å². The maximum atomic E-state index is 12.7. The lowest BCUT2D eigenvalue weighted by atomic mass is 9.80. The number of urea groups is 1. The summed E-state index contributed by atoms with van der Waals surface area (Å²) in [5.41, 5.74) is 2.70. The number of hydrogen-bond acceptors (Lipinski definition) is 2. The highest BCUT2D eigenvalue weighted by molar-refractivity contribution is 6.31. The molecule has 1 aromatic carbocycles. The molecule has 0 aromatic heterocycles. The monoisotopic (exact) mass is 430 g/mol. The van der Waals surface area contributed by atoms with E-state index in [0.29, 0.717) is 5.92 Å². The summed E-state index contributed by atoms with van der Waals surface area (Å²) in [6.07, 6.45) is 11.6. The third kappa shape index (κ3) is 4.51. The molecule has 3 aliphatic rings. The maximum Gasteiger partial charge on any atom is 0.322 e. The van der Waals surface area contributed by atoms with Crippen molar-refractivity contribution in [1.82, 2.24) is 10.2 Å². The fraction of sp³-hybridized carbons (Fsp3) is 0.583. The fourth-order valence-electron chi connectivity index (χ4n) is 4.97. The molecule has 1 atom stereocenters. The third-order valence-electron chi connectivity index (χ3n) is 6.94. The first kappa shape index (κ1) is 21.2. The van der Waals surface area contributed by atoms with Gasteiger partial charge in [-0.25, -0.2) is 4.79 Å². The molecule has 0 saturated heterocycles. The van der Waals surface area contributed by atoms with Crippen LogP contribution < -0.4 is 5.32 Å². The Balaban J connectivity index is 1.58. The topological polar surface area (TPSA) is 69.6 Å². The van der Waals surface area contributed by atoms with Gasteiger partial charge < -0.3 is 15.3 Å². The Morgan fingerprint density at radius 3 is 2.60 bits per heavy atom. The molecular weight excluding hydrogens is 400 g/mol. The van der Waals surface area contributed by atoms with Gasteiger partial charge in [0.05, 0.1) is 12.0 Å². The van der Waals surface area contributed by atoms with E-state index in [4.69, 9.17) is 16.7 Å². The van der Waals surface area contributed by atoms with Crippen molar-refractivity contribution >= 4 is 23.6 Å². The van der Waals surface area contributed by atoms with Crippen LogP contribution >= 0.6 is 11.6 Å². The average molecular weight is 431 g/mol. The molecule has 0 unspecified atom stereocenters. The Morgan fingerprint density at radius 1 is 1.23 bits per heavy atom.